The summed E-state index contributed by atoms with van der Waals surface area (Å²) in [4.78, 5) is 4.25. The summed E-state index contributed by atoms with van der Waals surface area (Å²) in [7, 11) is 1.61. The molecule has 3 nitrogen and oxygen atoms in total. The lowest BCUT2D eigenvalue weighted by atomic mass is 10.2. The van der Waals surface area contributed by atoms with E-state index < -0.39 is 0 Å². The van der Waals surface area contributed by atoms with Gasteiger partial charge in [0.1, 0.15) is 11.6 Å². The Morgan fingerprint density at radius 2 is 2.17 bits per heavy atom. The average molecular weight is 328 g/mol. The number of aromatic nitrogens is 1. The Hall–Kier alpha value is -1.26. The highest BCUT2D eigenvalue weighted by molar-refractivity contribution is 9.10. The molecule has 0 bridgehead atoms. The van der Waals surface area contributed by atoms with E-state index in [9.17, 15) is 0 Å². The van der Waals surface area contributed by atoms with E-state index in [0.29, 0.717) is 10.8 Å². The third kappa shape index (κ3) is 2.76. The molecule has 1 N–H and O–H groups in total. The van der Waals surface area contributed by atoms with Crippen molar-refractivity contribution in [3.8, 4) is 5.75 Å². The van der Waals surface area contributed by atoms with E-state index in [2.05, 4.69) is 26.2 Å². The van der Waals surface area contributed by atoms with Crippen molar-refractivity contribution in [2.24, 2.45) is 0 Å². The molecule has 0 atom stereocenters. The van der Waals surface area contributed by atoms with Crippen LogP contribution in [0.25, 0.3) is 0 Å². The van der Waals surface area contributed by atoms with Gasteiger partial charge in [-0.05, 0) is 46.6 Å². The lowest BCUT2D eigenvalue weighted by Gasteiger charge is -2.13. The number of methoxy groups -OCH3 is 1. The summed E-state index contributed by atoms with van der Waals surface area (Å²) in [5.41, 5.74) is 1.81. The predicted molar refractivity (Wildman–Crippen MR) is 78.0 cm³/mol. The lowest BCUT2D eigenvalue weighted by Crippen LogP contribution is -1.98. The fraction of sp³-hybridized carbons (Fsp3) is 0.154. The quantitative estimate of drug-likeness (QED) is 0.897. The number of pyridine rings is 1. The van der Waals surface area contributed by atoms with Crippen LogP contribution in [0.2, 0.25) is 5.02 Å². The minimum atomic E-state index is 0.678. The number of hydrogen-bond acceptors (Lipinski definition) is 3. The number of aryl methyl sites for hydroxylation is 1. The van der Waals surface area contributed by atoms with Crippen LogP contribution < -0.4 is 10.1 Å². The third-order valence-corrected chi connectivity index (χ3v) is 3.54. The van der Waals surface area contributed by atoms with Crippen LogP contribution in [0.1, 0.15) is 5.56 Å². The molecule has 0 aliphatic rings. The Balaban J connectivity index is 2.40. The molecule has 0 aliphatic carbocycles. The molecule has 0 saturated heterocycles. The largest absolute Gasteiger partial charge is 0.495 e. The first-order valence-corrected chi connectivity index (χ1v) is 6.50. The number of nitrogens with zero attached hydrogens (tertiary/aromatic N) is 1. The molecular weight excluding hydrogens is 316 g/mol. The first-order valence-electron chi connectivity index (χ1n) is 5.33. The highest BCUT2D eigenvalue weighted by Gasteiger charge is 2.09. The molecule has 1 aromatic carbocycles. The van der Waals surface area contributed by atoms with E-state index in [0.717, 1.165) is 21.5 Å². The Morgan fingerprint density at radius 3 is 2.83 bits per heavy atom. The minimum absolute atomic E-state index is 0.678. The highest BCUT2D eigenvalue weighted by atomic mass is 79.9. The molecule has 5 heteroatoms. The van der Waals surface area contributed by atoms with Crippen LogP contribution in [-0.2, 0) is 0 Å². The fourth-order valence-corrected chi connectivity index (χ4v) is 2.04. The Bertz CT molecular complexity index is 575. The zero-order chi connectivity index (χ0) is 13.1. The van der Waals surface area contributed by atoms with Gasteiger partial charge < -0.3 is 10.1 Å². The number of ether oxygens (including phenoxy) is 1. The van der Waals surface area contributed by atoms with Crippen molar-refractivity contribution in [1.82, 2.24) is 4.98 Å². The summed E-state index contributed by atoms with van der Waals surface area (Å²) in [6.45, 7) is 1.94. The summed E-state index contributed by atoms with van der Waals surface area (Å²) in [6, 6.07) is 7.50. The van der Waals surface area contributed by atoms with Crippen molar-refractivity contribution in [3.05, 3.63) is 45.5 Å². The van der Waals surface area contributed by atoms with Gasteiger partial charge in [0.15, 0.2) is 0 Å². The van der Waals surface area contributed by atoms with E-state index >= 15 is 0 Å². The average Bonchev–Trinajstić information content (AvgIpc) is 2.36. The summed E-state index contributed by atoms with van der Waals surface area (Å²) in [5, 5.41) is 3.90. The molecule has 94 valence electrons. The van der Waals surface area contributed by atoms with E-state index in [-0.39, 0.29) is 0 Å². The smallest absolute Gasteiger partial charge is 0.144 e. The molecule has 0 amide bonds. The monoisotopic (exact) mass is 326 g/mol. The van der Waals surface area contributed by atoms with E-state index in [1.165, 1.54) is 0 Å². The Labute approximate surface area is 119 Å². The van der Waals surface area contributed by atoms with Gasteiger partial charge in [-0.1, -0.05) is 11.6 Å². The molecule has 0 aliphatic heterocycles. The number of halogens is 2. The number of nitrogens with one attached hydrogen (secondary N) is 1. The fourth-order valence-electron chi connectivity index (χ4n) is 1.54. The molecule has 0 saturated carbocycles. The van der Waals surface area contributed by atoms with Crippen molar-refractivity contribution in [2.75, 3.05) is 12.4 Å². The van der Waals surface area contributed by atoms with Gasteiger partial charge in [0, 0.05) is 17.3 Å². The third-order valence-electron chi connectivity index (χ3n) is 2.49. The van der Waals surface area contributed by atoms with Crippen molar-refractivity contribution in [1.29, 1.82) is 0 Å². The van der Waals surface area contributed by atoms with Crippen molar-refractivity contribution in [2.45, 2.75) is 6.92 Å². The van der Waals surface area contributed by atoms with E-state index in [1.807, 2.05) is 25.1 Å². The second kappa shape index (κ2) is 5.59. The molecule has 1 heterocycles. The number of rotatable bonds is 3. The first kappa shape index (κ1) is 13.2. The van der Waals surface area contributed by atoms with Crippen molar-refractivity contribution >= 4 is 39.0 Å². The van der Waals surface area contributed by atoms with E-state index in [1.54, 1.807) is 19.4 Å². The number of hydrogen-bond donors (Lipinski definition) is 1. The van der Waals surface area contributed by atoms with Gasteiger partial charge in [-0.3, -0.25) is 0 Å². The maximum atomic E-state index is 6.07. The summed E-state index contributed by atoms with van der Waals surface area (Å²) in [5.74, 6) is 1.42. The second-order valence-electron chi connectivity index (χ2n) is 3.76. The second-order valence-corrected chi connectivity index (χ2v) is 5.02. The summed E-state index contributed by atoms with van der Waals surface area (Å²) < 4.78 is 6.19. The van der Waals surface area contributed by atoms with Gasteiger partial charge in [0.05, 0.1) is 17.3 Å². The molecule has 18 heavy (non-hydrogen) atoms. The highest BCUT2D eigenvalue weighted by Crippen LogP contribution is 2.34. The topological polar surface area (TPSA) is 34.1 Å². The standard InChI is InChI=1S/C13H12BrClN2O/c1-8-6-11(12(18-2)7-10(8)15)17-13-9(14)4-3-5-16-13/h3-7H,1-2H3,(H,16,17). The maximum absolute atomic E-state index is 6.07. The molecule has 0 radical (unpaired) electrons. The summed E-state index contributed by atoms with van der Waals surface area (Å²) in [6.07, 6.45) is 1.72. The van der Waals surface area contributed by atoms with Crippen LogP contribution in [0.3, 0.4) is 0 Å². The van der Waals surface area contributed by atoms with Crippen molar-refractivity contribution < 1.29 is 4.74 Å². The van der Waals surface area contributed by atoms with Gasteiger partial charge in [0.25, 0.3) is 0 Å². The zero-order valence-electron chi connectivity index (χ0n) is 10.00. The Kier molecular flexibility index (Phi) is 4.09. The first-order chi connectivity index (χ1) is 8.61. The van der Waals surface area contributed by atoms with Crippen LogP contribution in [0.15, 0.2) is 34.9 Å². The van der Waals surface area contributed by atoms with Gasteiger partial charge in [-0.2, -0.15) is 0 Å². The molecule has 2 aromatic rings. The molecule has 0 spiro atoms. The maximum Gasteiger partial charge on any atom is 0.144 e. The van der Waals surface area contributed by atoms with Crippen LogP contribution in [-0.4, -0.2) is 12.1 Å². The molecule has 0 unspecified atom stereocenters. The molecule has 2 rings (SSSR count). The number of benzene rings is 1. The molecule has 0 fully saturated rings. The lowest BCUT2D eigenvalue weighted by molar-refractivity contribution is 0.416. The van der Waals surface area contributed by atoms with Crippen LogP contribution in [0.5, 0.6) is 5.75 Å². The minimum Gasteiger partial charge on any atom is -0.495 e. The molecule has 1 aromatic heterocycles. The predicted octanol–water partition coefficient (Wildman–Crippen LogP) is 4.56. The van der Waals surface area contributed by atoms with Gasteiger partial charge in [-0.25, -0.2) is 4.98 Å². The van der Waals surface area contributed by atoms with E-state index in [4.69, 9.17) is 16.3 Å². The van der Waals surface area contributed by atoms with Gasteiger partial charge in [0.2, 0.25) is 0 Å². The number of anilines is 2. The molecular formula is C13H12BrClN2O. The van der Waals surface area contributed by atoms with Crippen LogP contribution in [0, 0.1) is 6.92 Å². The normalized spacial score (nSPS) is 10.2. The van der Waals surface area contributed by atoms with Gasteiger partial charge in [-0.15, -0.1) is 0 Å². The van der Waals surface area contributed by atoms with Crippen molar-refractivity contribution in [3.63, 3.8) is 0 Å². The van der Waals surface area contributed by atoms with Crippen LogP contribution in [0.4, 0.5) is 11.5 Å². The van der Waals surface area contributed by atoms with Gasteiger partial charge >= 0.3 is 0 Å². The zero-order valence-corrected chi connectivity index (χ0v) is 12.3. The summed E-state index contributed by atoms with van der Waals surface area (Å²) >= 11 is 9.51. The van der Waals surface area contributed by atoms with Crippen LogP contribution >= 0.6 is 27.5 Å². The SMILES string of the molecule is COc1cc(Cl)c(C)cc1Nc1ncccc1Br. The Morgan fingerprint density at radius 1 is 1.39 bits per heavy atom.